The maximum atomic E-state index is 11.7. The van der Waals surface area contributed by atoms with E-state index in [-0.39, 0.29) is 21.7 Å². The van der Waals surface area contributed by atoms with E-state index in [0.29, 0.717) is 15.8 Å². The molecule has 1 aromatic heterocycles. The predicted molar refractivity (Wildman–Crippen MR) is 83.7 cm³/mol. The molecule has 0 aliphatic rings. The summed E-state index contributed by atoms with van der Waals surface area (Å²) in [6.07, 6.45) is 1.25. The minimum absolute atomic E-state index is 0.125. The number of furan rings is 1. The molecule has 0 unspecified atom stereocenters. The summed E-state index contributed by atoms with van der Waals surface area (Å²) >= 11 is 6.18. The van der Waals surface area contributed by atoms with E-state index in [1.54, 1.807) is 13.0 Å². The first kappa shape index (κ1) is 15.6. The lowest BCUT2D eigenvalue weighted by Crippen LogP contribution is -2.16. The number of rotatable bonds is 3. The molecule has 0 bridgehead atoms. The minimum atomic E-state index is -0.504. The highest BCUT2D eigenvalue weighted by Gasteiger charge is 2.13. The van der Waals surface area contributed by atoms with Crippen molar-refractivity contribution in [2.24, 2.45) is 5.10 Å². The third kappa shape index (κ3) is 3.45. The Bertz CT molecular complexity index is 725. The van der Waals surface area contributed by atoms with E-state index in [4.69, 9.17) is 4.42 Å². The number of amides is 1. The molecule has 21 heavy (non-hydrogen) atoms. The smallest absolute Gasteiger partial charge is 0.307 e. The fourth-order valence-corrected chi connectivity index (χ4v) is 2.64. The van der Waals surface area contributed by atoms with Gasteiger partial charge in [-0.15, -0.1) is 0 Å². The van der Waals surface area contributed by atoms with Crippen molar-refractivity contribution in [2.75, 3.05) is 0 Å². The van der Waals surface area contributed by atoms with Gasteiger partial charge >= 0.3 is 5.91 Å². The summed E-state index contributed by atoms with van der Waals surface area (Å²) in [5.41, 5.74) is 2.58. The number of benzene rings is 1. The molecular weight excluding hydrogens is 408 g/mol. The predicted octanol–water partition coefficient (Wildman–Crippen LogP) is 3.29. The van der Waals surface area contributed by atoms with Crippen LogP contribution in [-0.4, -0.2) is 22.3 Å². The van der Waals surface area contributed by atoms with Crippen LogP contribution in [0.1, 0.15) is 21.9 Å². The number of carbonyl (C=O) groups excluding carboxylic acids is 1. The zero-order valence-electron chi connectivity index (χ0n) is 10.7. The van der Waals surface area contributed by atoms with Gasteiger partial charge in [0.05, 0.1) is 10.7 Å². The summed E-state index contributed by atoms with van der Waals surface area (Å²) < 4.78 is 5.65. The second-order valence-electron chi connectivity index (χ2n) is 4.07. The van der Waals surface area contributed by atoms with Crippen molar-refractivity contribution in [3.8, 4) is 11.5 Å². The van der Waals surface area contributed by atoms with Crippen molar-refractivity contribution < 1.29 is 19.4 Å². The number of carbonyl (C=O) groups is 1. The van der Waals surface area contributed by atoms with E-state index in [2.05, 4.69) is 42.4 Å². The molecule has 1 amide bonds. The molecule has 110 valence electrons. The van der Waals surface area contributed by atoms with Gasteiger partial charge < -0.3 is 14.6 Å². The standard InChI is InChI=1S/C13H10Br2N2O4/c1-6-2-3-9(21-6)13(20)17-16-5-7-4-8(14)12(19)10(15)11(7)18/h2-5,18-19H,1H3,(H,17,20)/b16-5-. The van der Waals surface area contributed by atoms with Crippen LogP contribution >= 0.6 is 31.9 Å². The SMILES string of the molecule is Cc1ccc(C(=O)N/N=C\c2cc(Br)c(O)c(Br)c2O)o1. The number of nitrogens with zero attached hydrogens (tertiary/aromatic N) is 1. The number of halogens is 2. The lowest BCUT2D eigenvalue weighted by atomic mass is 10.2. The third-order valence-corrected chi connectivity index (χ3v) is 3.89. The maximum absolute atomic E-state index is 11.7. The number of aromatic hydroxyl groups is 2. The van der Waals surface area contributed by atoms with E-state index in [9.17, 15) is 15.0 Å². The highest BCUT2D eigenvalue weighted by Crippen LogP contribution is 2.40. The third-order valence-electron chi connectivity index (χ3n) is 2.53. The Hall–Kier alpha value is -1.80. The molecule has 0 saturated heterocycles. The van der Waals surface area contributed by atoms with E-state index >= 15 is 0 Å². The van der Waals surface area contributed by atoms with Gasteiger partial charge in [0.1, 0.15) is 21.7 Å². The van der Waals surface area contributed by atoms with E-state index in [1.807, 2.05) is 0 Å². The molecule has 1 aromatic carbocycles. The number of phenolic OH excluding ortho intramolecular Hbond substituents is 2. The molecule has 0 atom stereocenters. The molecular formula is C13H10Br2N2O4. The van der Waals surface area contributed by atoms with Gasteiger partial charge in [-0.2, -0.15) is 5.10 Å². The van der Waals surface area contributed by atoms with Crippen molar-refractivity contribution in [1.82, 2.24) is 5.43 Å². The normalized spacial score (nSPS) is 11.0. The fourth-order valence-electron chi connectivity index (χ4n) is 1.49. The van der Waals surface area contributed by atoms with E-state index < -0.39 is 5.91 Å². The first-order chi connectivity index (χ1) is 9.90. The number of nitrogens with one attached hydrogen (secondary N) is 1. The fraction of sp³-hybridized carbons (Fsp3) is 0.0769. The molecule has 0 spiro atoms. The Labute approximate surface area is 136 Å². The average molecular weight is 418 g/mol. The molecule has 0 fully saturated rings. The van der Waals surface area contributed by atoms with Crippen LogP contribution in [0.5, 0.6) is 11.5 Å². The Morgan fingerprint density at radius 3 is 2.67 bits per heavy atom. The van der Waals surface area contributed by atoms with Gasteiger partial charge in [-0.3, -0.25) is 4.79 Å². The number of hydrazone groups is 1. The summed E-state index contributed by atoms with van der Waals surface area (Å²) in [4.78, 5) is 11.7. The van der Waals surface area contributed by atoms with Crippen molar-refractivity contribution >= 4 is 44.0 Å². The number of hydrogen-bond acceptors (Lipinski definition) is 5. The summed E-state index contributed by atoms with van der Waals surface area (Å²) in [6, 6.07) is 4.66. The second-order valence-corrected chi connectivity index (χ2v) is 5.72. The number of aryl methyl sites for hydroxylation is 1. The Morgan fingerprint density at radius 1 is 1.33 bits per heavy atom. The van der Waals surface area contributed by atoms with Crippen LogP contribution in [0.3, 0.4) is 0 Å². The van der Waals surface area contributed by atoms with Crippen LogP contribution < -0.4 is 5.43 Å². The summed E-state index contributed by atoms with van der Waals surface area (Å²) in [6.45, 7) is 1.73. The minimum Gasteiger partial charge on any atom is -0.506 e. The monoisotopic (exact) mass is 416 g/mol. The maximum Gasteiger partial charge on any atom is 0.307 e. The molecule has 3 N–H and O–H groups in total. The zero-order valence-corrected chi connectivity index (χ0v) is 13.9. The second kappa shape index (κ2) is 6.31. The van der Waals surface area contributed by atoms with Crippen molar-refractivity contribution in [3.05, 3.63) is 44.2 Å². The molecule has 2 rings (SSSR count). The number of phenols is 2. The van der Waals surface area contributed by atoms with Gasteiger partial charge in [-0.25, -0.2) is 5.43 Å². The molecule has 0 aliphatic heterocycles. The van der Waals surface area contributed by atoms with Crippen LogP contribution in [0.25, 0.3) is 0 Å². The molecule has 0 saturated carbocycles. The molecule has 0 radical (unpaired) electrons. The van der Waals surface area contributed by atoms with E-state index in [0.717, 1.165) is 0 Å². The van der Waals surface area contributed by atoms with Gasteiger partial charge in [0.2, 0.25) is 0 Å². The zero-order chi connectivity index (χ0) is 15.6. The molecule has 0 aliphatic carbocycles. The molecule has 1 heterocycles. The van der Waals surface area contributed by atoms with Crippen molar-refractivity contribution in [3.63, 3.8) is 0 Å². The molecule has 2 aromatic rings. The van der Waals surface area contributed by atoms with Crippen LogP contribution in [0.4, 0.5) is 0 Å². The Balaban J connectivity index is 2.14. The van der Waals surface area contributed by atoms with Gasteiger partial charge in [0.15, 0.2) is 5.76 Å². The lowest BCUT2D eigenvalue weighted by molar-refractivity contribution is 0.0926. The number of hydrogen-bond donors (Lipinski definition) is 3. The first-order valence-corrected chi connectivity index (χ1v) is 7.28. The Kier molecular flexibility index (Phi) is 4.69. The van der Waals surface area contributed by atoms with Crippen LogP contribution in [0, 0.1) is 6.92 Å². The summed E-state index contributed by atoms with van der Waals surface area (Å²) in [5, 5.41) is 23.2. The quantitative estimate of drug-likeness (QED) is 0.527. The Morgan fingerprint density at radius 2 is 2.05 bits per heavy atom. The summed E-state index contributed by atoms with van der Waals surface area (Å²) in [5.74, 6) is -0.0619. The van der Waals surface area contributed by atoms with Crippen molar-refractivity contribution in [2.45, 2.75) is 6.92 Å². The molecule has 8 heteroatoms. The first-order valence-electron chi connectivity index (χ1n) is 5.70. The van der Waals surface area contributed by atoms with Crippen LogP contribution in [0.15, 0.2) is 36.7 Å². The van der Waals surface area contributed by atoms with Gasteiger partial charge in [-0.05, 0) is 57.0 Å². The lowest BCUT2D eigenvalue weighted by Gasteiger charge is -2.06. The summed E-state index contributed by atoms with van der Waals surface area (Å²) in [7, 11) is 0. The van der Waals surface area contributed by atoms with Gasteiger partial charge in [-0.1, -0.05) is 0 Å². The largest absolute Gasteiger partial charge is 0.506 e. The molecule has 6 nitrogen and oxygen atoms in total. The van der Waals surface area contributed by atoms with Crippen molar-refractivity contribution in [1.29, 1.82) is 0 Å². The van der Waals surface area contributed by atoms with E-state index in [1.165, 1.54) is 18.3 Å². The average Bonchev–Trinajstić information content (AvgIpc) is 2.88. The highest BCUT2D eigenvalue weighted by molar-refractivity contribution is 9.11. The van der Waals surface area contributed by atoms with Crippen LogP contribution in [0.2, 0.25) is 0 Å². The highest BCUT2D eigenvalue weighted by atomic mass is 79.9. The van der Waals surface area contributed by atoms with Gasteiger partial charge in [0, 0.05) is 5.56 Å². The van der Waals surface area contributed by atoms with Gasteiger partial charge in [0.25, 0.3) is 0 Å². The topological polar surface area (TPSA) is 95.1 Å². The van der Waals surface area contributed by atoms with Crippen LogP contribution in [-0.2, 0) is 0 Å².